The SMILES string of the molecule is CC(=O)OC(C)=O.CC(=O)OCC1OC(OC2C(COC(C)=O)OC(OC(C)=O)C(OC(C)=O)C2OC(C)=O)C(OC(C)=O)C(OC(C)=O)C1O.OCC1OC(OC2C(CO)OC(O)C(O)C2O)C(O)C(O)C1O.c1ccncc1. The van der Waals surface area contributed by atoms with Gasteiger partial charge in [0.15, 0.2) is 37.2 Å². The Balaban J connectivity index is 0.000000495. The van der Waals surface area contributed by atoms with E-state index >= 15 is 0 Å². The molecule has 4 fully saturated rings. The van der Waals surface area contributed by atoms with Crippen molar-refractivity contribution in [2.75, 3.05) is 26.4 Å². The zero-order valence-corrected chi connectivity index (χ0v) is 44.6. The largest absolute Gasteiger partial charge is 0.463 e. The van der Waals surface area contributed by atoms with Gasteiger partial charge < -0.3 is 112 Å². The molecule has 0 aliphatic carbocycles. The first-order valence-corrected chi connectivity index (χ1v) is 24.0. The molecule has 20 unspecified atom stereocenters. The fourth-order valence-corrected chi connectivity index (χ4v) is 7.50. The second-order valence-corrected chi connectivity index (χ2v) is 17.3. The number of hydrogen-bond donors (Lipinski definition) is 9. The summed E-state index contributed by atoms with van der Waals surface area (Å²) in [6.45, 7) is 7.11. The summed E-state index contributed by atoms with van der Waals surface area (Å²) in [5, 5.41) is 87.4. The molecule has 0 radical (unpaired) electrons. The number of carbonyl (C=O) groups excluding carboxylic acids is 9. The molecule has 5 rings (SSSR count). The number of carbonyl (C=O) groups is 9. The Hall–Kier alpha value is -6.02. The lowest BCUT2D eigenvalue weighted by atomic mass is 9.96. The van der Waals surface area contributed by atoms with Crippen molar-refractivity contribution < 1.29 is 155 Å². The van der Waals surface area contributed by atoms with Crippen LogP contribution < -0.4 is 0 Å². The average molecular weight is 1160 g/mol. The van der Waals surface area contributed by atoms with Gasteiger partial charge in [-0.15, -0.1) is 0 Å². The van der Waals surface area contributed by atoms with E-state index in [2.05, 4.69) is 9.72 Å². The van der Waals surface area contributed by atoms with Crippen LogP contribution in [0, 0.1) is 0 Å². The van der Waals surface area contributed by atoms with Crippen LogP contribution in [-0.2, 0) is 109 Å². The monoisotopic (exact) mass is 1160 g/mol. The van der Waals surface area contributed by atoms with Gasteiger partial charge in [0.1, 0.15) is 86.5 Å². The van der Waals surface area contributed by atoms with Crippen LogP contribution in [0.25, 0.3) is 0 Å². The number of esters is 9. The van der Waals surface area contributed by atoms with Gasteiger partial charge in [-0.1, -0.05) is 6.07 Å². The zero-order chi connectivity index (χ0) is 60.7. The van der Waals surface area contributed by atoms with Gasteiger partial charge in [0.25, 0.3) is 0 Å². The van der Waals surface area contributed by atoms with Crippen molar-refractivity contribution in [3.8, 4) is 0 Å². The van der Waals surface area contributed by atoms with Gasteiger partial charge in [0, 0.05) is 74.7 Å². The predicted octanol–water partition coefficient (Wildman–Crippen LogP) is -5.62. The van der Waals surface area contributed by atoms with E-state index in [-0.39, 0.29) is 0 Å². The molecule has 33 nitrogen and oxygen atoms in total. The van der Waals surface area contributed by atoms with Gasteiger partial charge in [0.05, 0.1) is 13.2 Å². The van der Waals surface area contributed by atoms with Gasteiger partial charge in [0.2, 0.25) is 12.4 Å². The van der Waals surface area contributed by atoms with Crippen LogP contribution in [0.3, 0.4) is 0 Å². The molecule has 4 saturated heterocycles. The number of nitrogens with zero attached hydrogens (tertiary/aromatic N) is 1. The van der Waals surface area contributed by atoms with E-state index in [1.807, 2.05) is 18.2 Å². The molecule has 1 aromatic heterocycles. The Morgan fingerprint density at radius 3 is 1.24 bits per heavy atom. The van der Waals surface area contributed by atoms with Crippen molar-refractivity contribution in [2.24, 2.45) is 0 Å². The maximum absolute atomic E-state index is 12.2. The minimum Gasteiger partial charge on any atom is -0.463 e. The molecule has 0 amide bonds. The topological polar surface area (TPSA) is 478 Å². The first kappa shape index (κ1) is 70.1. The highest BCUT2D eigenvalue weighted by molar-refractivity contribution is 5.82. The van der Waals surface area contributed by atoms with Crippen molar-refractivity contribution in [3.63, 3.8) is 0 Å². The predicted molar refractivity (Wildman–Crippen MR) is 251 cm³/mol. The fraction of sp³-hybridized carbons (Fsp3) is 0.702. The minimum atomic E-state index is -1.79. The van der Waals surface area contributed by atoms with Crippen molar-refractivity contribution in [2.45, 2.75) is 185 Å². The third-order valence-electron chi connectivity index (χ3n) is 10.7. The maximum atomic E-state index is 12.2. The van der Waals surface area contributed by atoms with Crippen LogP contribution in [0.5, 0.6) is 0 Å². The lowest BCUT2D eigenvalue weighted by molar-refractivity contribution is -0.357. The summed E-state index contributed by atoms with van der Waals surface area (Å²) < 4.78 is 73.3. The molecule has 4 aliphatic rings. The smallest absolute Gasteiger partial charge is 0.310 e. The first-order valence-electron chi connectivity index (χ1n) is 24.0. The van der Waals surface area contributed by atoms with Gasteiger partial charge in [-0.25, -0.2) is 0 Å². The molecule has 5 heterocycles. The average Bonchev–Trinajstić information content (AvgIpc) is 3.40. The van der Waals surface area contributed by atoms with Crippen molar-refractivity contribution in [1.82, 2.24) is 4.98 Å². The quantitative estimate of drug-likeness (QED) is 0.0449. The van der Waals surface area contributed by atoms with Crippen molar-refractivity contribution in [1.29, 1.82) is 0 Å². The summed E-state index contributed by atoms with van der Waals surface area (Å²) in [4.78, 5) is 107. The molecule has 0 saturated carbocycles. The molecule has 454 valence electrons. The lowest BCUT2D eigenvalue weighted by Crippen LogP contribution is -2.67. The minimum absolute atomic E-state index is 0.562. The van der Waals surface area contributed by atoms with Crippen molar-refractivity contribution in [3.05, 3.63) is 30.6 Å². The Morgan fingerprint density at radius 2 is 0.812 bits per heavy atom. The normalized spacial score (nSPS) is 33.4. The molecule has 33 heteroatoms. The second-order valence-electron chi connectivity index (χ2n) is 17.3. The van der Waals surface area contributed by atoms with E-state index in [0.717, 1.165) is 48.5 Å². The van der Waals surface area contributed by atoms with E-state index in [9.17, 15) is 84.0 Å². The second kappa shape index (κ2) is 34.3. The summed E-state index contributed by atoms with van der Waals surface area (Å²) in [5.74, 6) is -7.17. The molecule has 0 spiro atoms. The summed E-state index contributed by atoms with van der Waals surface area (Å²) >= 11 is 0. The number of aliphatic hydroxyl groups is 9. The molecule has 80 heavy (non-hydrogen) atoms. The number of aliphatic hydroxyl groups excluding tert-OH is 9. The van der Waals surface area contributed by atoms with Crippen LogP contribution in [0.15, 0.2) is 30.6 Å². The van der Waals surface area contributed by atoms with Gasteiger partial charge in [-0.05, 0) is 12.1 Å². The van der Waals surface area contributed by atoms with Crippen LogP contribution in [0.1, 0.15) is 62.3 Å². The van der Waals surface area contributed by atoms with E-state index in [4.69, 9.17) is 66.7 Å². The molecule has 4 aliphatic heterocycles. The highest BCUT2D eigenvalue weighted by Crippen LogP contribution is 2.35. The van der Waals surface area contributed by atoms with E-state index in [0.29, 0.717) is 0 Å². The fourth-order valence-electron chi connectivity index (χ4n) is 7.50. The Kier molecular flexibility index (Phi) is 30.1. The van der Waals surface area contributed by atoms with Gasteiger partial charge >= 0.3 is 53.7 Å². The van der Waals surface area contributed by atoms with Crippen LogP contribution in [-0.4, -0.2) is 254 Å². The van der Waals surface area contributed by atoms with E-state index < -0.39 is 203 Å². The Labute approximate surface area is 455 Å². The number of rotatable bonds is 15. The third-order valence-corrected chi connectivity index (χ3v) is 10.7. The van der Waals surface area contributed by atoms with E-state index in [1.54, 1.807) is 12.4 Å². The lowest BCUT2D eigenvalue weighted by Gasteiger charge is -2.48. The maximum Gasteiger partial charge on any atom is 0.310 e. The first-order chi connectivity index (χ1) is 37.4. The van der Waals surface area contributed by atoms with Crippen LogP contribution >= 0.6 is 0 Å². The standard InChI is InChI=1S/C26H36O18.C12H22O11.C5H5N.C4H6O3/c1-10(27)35-8-17-19(34)21(37-12(3)29)23(39-14(5)31)26(42-17)44-20-18(9-36-11(2)28)43-25(41-16(7)33)24(40-15(6)32)22(20)38-13(4)30;13-1-3-5(15)6(16)9(19)12(22-3)23-10-4(2-14)21-11(20)8(18)7(10)17;1-2-4-6-5-3-1;1-3(5)7-4(2)6/h17-26,34H,8-9H2,1-7H3;3-20H,1-2H2;1-5H;1-2H3. The summed E-state index contributed by atoms with van der Waals surface area (Å²) in [6.07, 6.45) is -28.4. The molecule has 1 aromatic rings. The molecule has 9 N–H and O–H groups in total. The molecule has 0 bridgehead atoms. The number of pyridine rings is 1. The van der Waals surface area contributed by atoms with E-state index in [1.165, 1.54) is 13.8 Å². The zero-order valence-electron chi connectivity index (χ0n) is 44.6. The summed E-state index contributed by atoms with van der Waals surface area (Å²) in [5.41, 5.74) is 0. The van der Waals surface area contributed by atoms with Gasteiger partial charge in [-0.3, -0.25) is 48.1 Å². The highest BCUT2D eigenvalue weighted by Gasteiger charge is 2.57. The number of aromatic nitrogens is 1. The summed E-state index contributed by atoms with van der Waals surface area (Å²) in [6, 6.07) is 5.72. The highest BCUT2D eigenvalue weighted by atomic mass is 16.8. The van der Waals surface area contributed by atoms with Crippen LogP contribution in [0.2, 0.25) is 0 Å². The number of ether oxygens (including phenoxy) is 14. The third kappa shape index (κ3) is 22.8. The van der Waals surface area contributed by atoms with Crippen molar-refractivity contribution >= 4 is 53.7 Å². The van der Waals surface area contributed by atoms with Gasteiger partial charge in [-0.2, -0.15) is 0 Å². The Bertz CT molecular complexity index is 2110. The van der Waals surface area contributed by atoms with Crippen LogP contribution in [0.4, 0.5) is 0 Å². The molecular formula is C47H69NO32. The molecule has 20 atom stereocenters. The Morgan fingerprint density at radius 1 is 0.375 bits per heavy atom. The molecule has 0 aromatic carbocycles. The number of hydrogen-bond acceptors (Lipinski definition) is 33. The summed E-state index contributed by atoms with van der Waals surface area (Å²) in [7, 11) is 0. The molecular weight excluding hydrogens is 1090 g/mol.